The van der Waals surface area contributed by atoms with Crippen LogP contribution in [-0.4, -0.2) is 19.3 Å². The maximum Gasteiger partial charge on any atom is 0.261 e. The molecule has 0 saturated heterocycles. The van der Waals surface area contributed by atoms with E-state index in [1.807, 2.05) is 6.07 Å². The van der Waals surface area contributed by atoms with E-state index in [-0.39, 0.29) is 21.7 Å². The Kier molecular flexibility index (Phi) is 5.67. The van der Waals surface area contributed by atoms with Gasteiger partial charge in [-0.15, -0.1) is 0 Å². The van der Waals surface area contributed by atoms with Crippen LogP contribution < -0.4 is 10.0 Å². The molecule has 2 N–H and O–H groups in total. The van der Waals surface area contributed by atoms with Crippen molar-refractivity contribution in [1.82, 2.24) is 10.3 Å². The van der Waals surface area contributed by atoms with Gasteiger partial charge in [0.15, 0.2) is 0 Å². The van der Waals surface area contributed by atoms with Crippen molar-refractivity contribution >= 4 is 21.6 Å². The molecule has 2 aromatic carbocycles. The minimum Gasteiger partial charge on any atom is -0.348 e. The average molecular weight is 392 g/mol. The summed E-state index contributed by atoms with van der Waals surface area (Å²) in [7, 11) is -3.96. The van der Waals surface area contributed by atoms with Crippen LogP contribution in [0, 0.1) is 11.3 Å². The summed E-state index contributed by atoms with van der Waals surface area (Å²) in [6, 6.07) is 17.5. The molecule has 1 amide bonds. The maximum absolute atomic E-state index is 12.7. The molecule has 0 aliphatic heterocycles. The fourth-order valence-electron chi connectivity index (χ4n) is 2.46. The van der Waals surface area contributed by atoms with Crippen LogP contribution in [0.15, 0.2) is 78.0 Å². The molecule has 28 heavy (non-hydrogen) atoms. The van der Waals surface area contributed by atoms with Gasteiger partial charge in [0.05, 0.1) is 16.1 Å². The van der Waals surface area contributed by atoms with Gasteiger partial charge in [-0.25, -0.2) is 8.42 Å². The number of anilines is 1. The van der Waals surface area contributed by atoms with Gasteiger partial charge in [-0.2, -0.15) is 5.26 Å². The zero-order chi connectivity index (χ0) is 20.0. The predicted octanol–water partition coefficient (Wildman–Crippen LogP) is 2.68. The third kappa shape index (κ3) is 4.52. The number of hydrogen-bond acceptors (Lipinski definition) is 5. The fourth-order valence-corrected chi connectivity index (χ4v) is 3.59. The minimum atomic E-state index is -3.96. The summed E-state index contributed by atoms with van der Waals surface area (Å²) in [5.41, 5.74) is 1.47. The molecule has 0 fully saturated rings. The number of carbonyl (C=O) groups is 1. The number of aromatic nitrogens is 1. The molecule has 0 spiro atoms. The second-order valence-corrected chi connectivity index (χ2v) is 7.51. The zero-order valence-electron chi connectivity index (χ0n) is 14.7. The zero-order valence-corrected chi connectivity index (χ0v) is 15.5. The van der Waals surface area contributed by atoms with Gasteiger partial charge in [0, 0.05) is 24.5 Å². The second kappa shape index (κ2) is 8.33. The molecule has 140 valence electrons. The maximum atomic E-state index is 12.7. The molecule has 0 radical (unpaired) electrons. The number of nitrogens with one attached hydrogen (secondary N) is 2. The summed E-state index contributed by atoms with van der Waals surface area (Å²) in [4.78, 5) is 16.2. The molecule has 3 aromatic rings. The van der Waals surface area contributed by atoms with Gasteiger partial charge < -0.3 is 5.32 Å². The Balaban J connectivity index is 1.78. The first kappa shape index (κ1) is 19.1. The molecule has 0 aliphatic rings. The van der Waals surface area contributed by atoms with Crippen molar-refractivity contribution in [2.45, 2.75) is 11.4 Å². The van der Waals surface area contributed by atoms with E-state index in [1.165, 1.54) is 36.4 Å². The summed E-state index contributed by atoms with van der Waals surface area (Å²) in [5, 5.41) is 11.9. The van der Waals surface area contributed by atoms with Crippen molar-refractivity contribution in [2.75, 3.05) is 4.72 Å². The molecular weight excluding hydrogens is 376 g/mol. The van der Waals surface area contributed by atoms with E-state index in [0.29, 0.717) is 6.54 Å². The van der Waals surface area contributed by atoms with Crippen LogP contribution in [0.4, 0.5) is 5.69 Å². The molecule has 1 aromatic heterocycles. The van der Waals surface area contributed by atoms with Gasteiger partial charge in [0.25, 0.3) is 15.9 Å². The van der Waals surface area contributed by atoms with E-state index in [9.17, 15) is 13.2 Å². The van der Waals surface area contributed by atoms with Crippen LogP contribution in [0.3, 0.4) is 0 Å². The average Bonchev–Trinajstić information content (AvgIpc) is 2.73. The lowest BCUT2D eigenvalue weighted by atomic mass is 10.2. The van der Waals surface area contributed by atoms with E-state index in [4.69, 9.17) is 5.26 Å². The highest BCUT2D eigenvalue weighted by Crippen LogP contribution is 2.20. The van der Waals surface area contributed by atoms with Crippen LogP contribution in [0.1, 0.15) is 21.5 Å². The van der Waals surface area contributed by atoms with Crippen LogP contribution in [0.25, 0.3) is 0 Å². The van der Waals surface area contributed by atoms with Crippen molar-refractivity contribution in [2.24, 2.45) is 0 Å². The van der Waals surface area contributed by atoms with Gasteiger partial charge in [-0.1, -0.05) is 18.2 Å². The first-order valence-corrected chi connectivity index (χ1v) is 9.77. The number of benzene rings is 2. The second-order valence-electron chi connectivity index (χ2n) is 5.83. The van der Waals surface area contributed by atoms with E-state index in [2.05, 4.69) is 15.0 Å². The van der Waals surface area contributed by atoms with Crippen molar-refractivity contribution < 1.29 is 13.2 Å². The number of para-hydroxylation sites is 1. The molecule has 0 aliphatic carbocycles. The third-order valence-corrected chi connectivity index (χ3v) is 5.26. The van der Waals surface area contributed by atoms with Gasteiger partial charge in [-0.3, -0.25) is 14.5 Å². The number of carbonyl (C=O) groups excluding carboxylic acids is 1. The standard InChI is InChI=1S/C20H16N4O3S/c21-13-17-4-1-2-7-19(17)24-28(26,27)18-6-3-5-16(12-18)20(25)23-14-15-8-10-22-11-9-15/h1-12,24H,14H2,(H,23,25). The predicted molar refractivity (Wildman–Crippen MR) is 104 cm³/mol. The highest BCUT2D eigenvalue weighted by atomic mass is 32.2. The molecule has 0 saturated carbocycles. The van der Waals surface area contributed by atoms with E-state index in [0.717, 1.165) is 5.56 Å². The lowest BCUT2D eigenvalue weighted by Gasteiger charge is -2.11. The van der Waals surface area contributed by atoms with Crippen molar-refractivity contribution in [1.29, 1.82) is 5.26 Å². The largest absolute Gasteiger partial charge is 0.348 e. The normalized spacial score (nSPS) is 10.7. The summed E-state index contributed by atoms with van der Waals surface area (Å²) in [6.07, 6.45) is 3.25. The summed E-state index contributed by atoms with van der Waals surface area (Å²) < 4.78 is 27.7. The van der Waals surface area contributed by atoms with Crippen molar-refractivity contribution in [3.05, 3.63) is 89.7 Å². The molecule has 0 unspecified atom stereocenters. The Labute approximate surface area is 162 Å². The van der Waals surface area contributed by atoms with Crippen LogP contribution in [0.2, 0.25) is 0 Å². The van der Waals surface area contributed by atoms with Gasteiger partial charge in [0.2, 0.25) is 0 Å². The molecule has 0 bridgehead atoms. The van der Waals surface area contributed by atoms with Crippen molar-refractivity contribution in [3.8, 4) is 6.07 Å². The molecular formula is C20H16N4O3S. The SMILES string of the molecule is N#Cc1ccccc1NS(=O)(=O)c1cccc(C(=O)NCc2ccncc2)c1. The Morgan fingerprint density at radius 1 is 1.04 bits per heavy atom. The lowest BCUT2D eigenvalue weighted by Crippen LogP contribution is -2.23. The first-order valence-electron chi connectivity index (χ1n) is 8.29. The van der Waals surface area contributed by atoms with Crippen LogP contribution in [-0.2, 0) is 16.6 Å². The molecule has 7 nitrogen and oxygen atoms in total. The topological polar surface area (TPSA) is 112 Å². The number of rotatable bonds is 6. The third-order valence-electron chi connectivity index (χ3n) is 3.90. The molecule has 1 heterocycles. The Morgan fingerprint density at radius 3 is 2.54 bits per heavy atom. The van der Waals surface area contributed by atoms with Crippen LogP contribution in [0.5, 0.6) is 0 Å². The highest BCUT2D eigenvalue weighted by Gasteiger charge is 2.18. The minimum absolute atomic E-state index is 0.0724. The number of nitriles is 1. The van der Waals surface area contributed by atoms with E-state index < -0.39 is 15.9 Å². The highest BCUT2D eigenvalue weighted by molar-refractivity contribution is 7.92. The monoisotopic (exact) mass is 392 g/mol. The van der Waals surface area contributed by atoms with Crippen molar-refractivity contribution in [3.63, 3.8) is 0 Å². The summed E-state index contributed by atoms with van der Waals surface area (Å²) in [6.45, 7) is 0.298. The Bertz CT molecular complexity index is 1140. The quantitative estimate of drug-likeness (QED) is 0.670. The molecule has 3 rings (SSSR count). The Morgan fingerprint density at radius 2 is 1.79 bits per heavy atom. The van der Waals surface area contributed by atoms with Gasteiger partial charge in [-0.05, 0) is 48.0 Å². The number of sulfonamides is 1. The first-order chi connectivity index (χ1) is 13.5. The smallest absolute Gasteiger partial charge is 0.261 e. The molecule has 8 heteroatoms. The number of pyridine rings is 1. The Hall–Kier alpha value is -3.70. The number of amides is 1. The van der Waals surface area contributed by atoms with E-state index >= 15 is 0 Å². The lowest BCUT2D eigenvalue weighted by molar-refractivity contribution is 0.0950. The van der Waals surface area contributed by atoms with Crippen LogP contribution >= 0.6 is 0 Å². The van der Waals surface area contributed by atoms with Gasteiger partial charge in [0.1, 0.15) is 6.07 Å². The number of nitrogens with zero attached hydrogens (tertiary/aromatic N) is 2. The van der Waals surface area contributed by atoms with E-state index in [1.54, 1.807) is 36.7 Å². The summed E-state index contributed by atoms with van der Waals surface area (Å²) in [5.74, 6) is -0.397. The fraction of sp³-hybridized carbons (Fsp3) is 0.0500. The molecule has 0 atom stereocenters. The van der Waals surface area contributed by atoms with Gasteiger partial charge >= 0.3 is 0 Å². The summed E-state index contributed by atoms with van der Waals surface area (Å²) >= 11 is 0. The number of hydrogen-bond donors (Lipinski definition) is 2.